The molecule has 2 N–H and O–H groups in total. The van der Waals surface area contributed by atoms with Crippen LogP contribution in [0.2, 0.25) is 0 Å². The van der Waals surface area contributed by atoms with Crippen LogP contribution in [-0.2, 0) is 9.53 Å². The summed E-state index contributed by atoms with van der Waals surface area (Å²) in [7, 11) is 0. The minimum absolute atomic E-state index is 0.0929. The molecule has 6 nitrogen and oxygen atoms in total. The maximum absolute atomic E-state index is 12.2. The molecule has 2 amide bonds. The number of hydrogen-bond acceptors (Lipinski definition) is 4. The zero-order chi connectivity index (χ0) is 19.3. The van der Waals surface area contributed by atoms with Crippen molar-refractivity contribution in [1.82, 2.24) is 5.32 Å². The van der Waals surface area contributed by atoms with Crippen LogP contribution < -0.4 is 15.4 Å². The van der Waals surface area contributed by atoms with E-state index in [0.29, 0.717) is 29.0 Å². The lowest BCUT2D eigenvalue weighted by molar-refractivity contribution is -0.118. The van der Waals surface area contributed by atoms with Gasteiger partial charge >= 0.3 is 0 Å². The zero-order valence-corrected chi connectivity index (χ0v) is 15.6. The predicted molar refractivity (Wildman–Crippen MR) is 106 cm³/mol. The Morgan fingerprint density at radius 1 is 1.07 bits per heavy atom. The number of amides is 2. The summed E-state index contributed by atoms with van der Waals surface area (Å²) in [6, 6.07) is 15.0. The SMILES string of the molecule is O=C(COc1ccc([C@H]2CCOC2)cc1)Nc1cccc(C(=O)NC2CC2)c1. The summed E-state index contributed by atoms with van der Waals surface area (Å²) in [5.41, 5.74) is 2.35. The fourth-order valence-corrected chi connectivity index (χ4v) is 3.21. The number of carbonyl (C=O) groups is 2. The summed E-state index contributed by atoms with van der Waals surface area (Å²) < 4.78 is 11.0. The summed E-state index contributed by atoms with van der Waals surface area (Å²) in [6.07, 6.45) is 3.12. The van der Waals surface area contributed by atoms with Crippen molar-refractivity contribution in [3.8, 4) is 5.75 Å². The number of rotatable bonds is 7. The second-order valence-electron chi connectivity index (χ2n) is 7.29. The van der Waals surface area contributed by atoms with Gasteiger partial charge in [-0.2, -0.15) is 0 Å². The molecule has 6 heteroatoms. The molecular weight excluding hydrogens is 356 g/mol. The maximum Gasteiger partial charge on any atom is 0.262 e. The van der Waals surface area contributed by atoms with Crippen LogP contribution in [0.4, 0.5) is 5.69 Å². The lowest BCUT2D eigenvalue weighted by Gasteiger charge is -2.11. The second kappa shape index (κ2) is 8.44. The van der Waals surface area contributed by atoms with Crippen LogP contribution in [0.5, 0.6) is 5.75 Å². The Kier molecular flexibility index (Phi) is 5.58. The van der Waals surface area contributed by atoms with Crippen LogP contribution in [0.15, 0.2) is 48.5 Å². The number of hydrogen-bond donors (Lipinski definition) is 2. The van der Waals surface area contributed by atoms with Gasteiger partial charge in [0.2, 0.25) is 0 Å². The van der Waals surface area contributed by atoms with Crippen LogP contribution >= 0.6 is 0 Å². The van der Waals surface area contributed by atoms with Crippen molar-refractivity contribution in [1.29, 1.82) is 0 Å². The molecule has 1 heterocycles. The molecule has 0 radical (unpaired) electrons. The van der Waals surface area contributed by atoms with Gasteiger partial charge < -0.3 is 20.1 Å². The third-order valence-corrected chi connectivity index (χ3v) is 4.97. The third-order valence-electron chi connectivity index (χ3n) is 4.97. The van der Waals surface area contributed by atoms with Crippen LogP contribution in [0.3, 0.4) is 0 Å². The molecule has 4 rings (SSSR count). The van der Waals surface area contributed by atoms with Crippen LogP contribution in [0.25, 0.3) is 0 Å². The highest BCUT2D eigenvalue weighted by Crippen LogP contribution is 2.26. The summed E-state index contributed by atoms with van der Waals surface area (Å²) >= 11 is 0. The van der Waals surface area contributed by atoms with Gasteiger partial charge in [0, 0.05) is 29.8 Å². The average Bonchev–Trinajstić information content (AvgIpc) is 3.35. The first-order valence-electron chi connectivity index (χ1n) is 9.69. The van der Waals surface area contributed by atoms with Crippen molar-refractivity contribution < 1.29 is 19.1 Å². The topological polar surface area (TPSA) is 76.7 Å². The lowest BCUT2D eigenvalue weighted by atomic mass is 9.99. The summed E-state index contributed by atoms with van der Waals surface area (Å²) in [5, 5.41) is 5.71. The van der Waals surface area contributed by atoms with Crippen molar-refractivity contribution in [2.45, 2.75) is 31.2 Å². The average molecular weight is 380 g/mol. The minimum Gasteiger partial charge on any atom is -0.484 e. The number of nitrogens with one attached hydrogen (secondary N) is 2. The largest absolute Gasteiger partial charge is 0.484 e. The monoisotopic (exact) mass is 380 g/mol. The Balaban J connectivity index is 1.27. The highest BCUT2D eigenvalue weighted by molar-refractivity contribution is 5.97. The fraction of sp³-hybridized carbons (Fsp3) is 0.364. The van der Waals surface area contributed by atoms with Gasteiger partial charge in [-0.1, -0.05) is 18.2 Å². The Labute approximate surface area is 164 Å². The molecule has 2 fully saturated rings. The van der Waals surface area contributed by atoms with E-state index < -0.39 is 0 Å². The quantitative estimate of drug-likeness (QED) is 0.774. The van der Waals surface area contributed by atoms with E-state index >= 15 is 0 Å². The molecule has 1 saturated heterocycles. The van der Waals surface area contributed by atoms with Crippen LogP contribution in [-0.4, -0.2) is 37.7 Å². The third kappa shape index (κ3) is 4.89. The number of anilines is 1. The van der Waals surface area contributed by atoms with Gasteiger partial charge in [0.25, 0.3) is 11.8 Å². The maximum atomic E-state index is 12.2. The standard InChI is InChI=1S/C22H24N2O4/c25-21(14-28-20-8-4-15(5-9-20)17-10-11-27-13-17)23-19-3-1-2-16(12-19)22(26)24-18-6-7-18/h1-5,8-9,12,17-18H,6-7,10-11,13-14H2,(H,23,25)(H,24,26)/t17-/m0/s1. The lowest BCUT2D eigenvalue weighted by Crippen LogP contribution is -2.25. The normalized spacial score (nSPS) is 18.5. The van der Waals surface area contributed by atoms with Crippen molar-refractivity contribution in [3.63, 3.8) is 0 Å². The van der Waals surface area contributed by atoms with Gasteiger partial charge in [0.05, 0.1) is 6.61 Å². The second-order valence-corrected chi connectivity index (χ2v) is 7.29. The minimum atomic E-state index is -0.270. The number of carbonyl (C=O) groups excluding carboxylic acids is 2. The molecule has 146 valence electrons. The molecule has 2 aliphatic rings. The van der Waals surface area contributed by atoms with E-state index in [0.717, 1.165) is 32.5 Å². The molecule has 28 heavy (non-hydrogen) atoms. The molecule has 0 spiro atoms. The van der Waals surface area contributed by atoms with E-state index in [1.54, 1.807) is 24.3 Å². The van der Waals surface area contributed by atoms with Gasteiger partial charge in [-0.25, -0.2) is 0 Å². The van der Waals surface area contributed by atoms with E-state index in [2.05, 4.69) is 10.6 Å². The predicted octanol–water partition coefficient (Wildman–Crippen LogP) is 3.10. The van der Waals surface area contributed by atoms with Crippen molar-refractivity contribution in [2.75, 3.05) is 25.1 Å². The van der Waals surface area contributed by atoms with E-state index in [-0.39, 0.29) is 18.4 Å². The zero-order valence-electron chi connectivity index (χ0n) is 15.6. The first-order chi connectivity index (χ1) is 13.7. The molecule has 1 saturated carbocycles. The molecule has 1 aliphatic heterocycles. The first-order valence-corrected chi connectivity index (χ1v) is 9.69. The molecule has 0 aromatic heterocycles. The molecule has 1 atom stereocenters. The van der Waals surface area contributed by atoms with E-state index in [1.165, 1.54) is 5.56 Å². The summed E-state index contributed by atoms with van der Waals surface area (Å²) in [5.74, 6) is 0.715. The van der Waals surface area contributed by atoms with Crippen molar-refractivity contribution in [3.05, 3.63) is 59.7 Å². The first kappa shape index (κ1) is 18.5. The van der Waals surface area contributed by atoms with E-state index in [4.69, 9.17) is 9.47 Å². The van der Waals surface area contributed by atoms with E-state index in [9.17, 15) is 9.59 Å². The molecule has 1 aliphatic carbocycles. The van der Waals surface area contributed by atoms with Gasteiger partial charge in [-0.3, -0.25) is 9.59 Å². The molecule has 2 aromatic carbocycles. The van der Waals surface area contributed by atoms with Crippen LogP contribution in [0, 0.1) is 0 Å². The smallest absolute Gasteiger partial charge is 0.262 e. The van der Waals surface area contributed by atoms with Crippen molar-refractivity contribution in [2.24, 2.45) is 0 Å². The van der Waals surface area contributed by atoms with Gasteiger partial charge in [-0.05, 0) is 55.2 Å². The van der Waals surface area contributed by atoms with Crippen molar-refractivity contribution >= 4 is 17.5 Å². The number of benzene rings is 2. The fourth-order valence-electron chi connectivity index (χ4n) is 3.21. The van der Waals surface area contributed by atoms with E-state index in [1.807, 2.05) is 24.3 Å². The molecule has 0 bridgehead atoms. The van der Waals surface area contributed by atoms with Gasteiger partial charge in [0.15, 0.2) is 6.61 Å². The van der Waals surface area contributed by atoms with Gasteiger partial charge in [0.1, 0.15) is 5.75 Å². The molecular formula is C22H24N2O4. The highest BCUT2D eigenvalue weighted by atomic mass is 16.5. The summed E-state index contributed by atoms with van der Waals surface area (Å²) in [6.45, 7) is 1.48. The highest BCUT2D eigenvalue weighted by Gasteiger charge is 2.23. The Hall–Kier alpha value is -2.86. The van der Waals surface area contributed by atoms with Crippen LogP contribution in [0.1, 0.15) is 41.1 Å². The molecule has 2 aromatic rings. The summed E-state index contributed by atoms with van der Waals surface area (Å²) in [4.78, 5) is 24.3. The Morgan fingerprint density at radius 2 is 1.89 bits per heavy atom. The number of ether oxygens (including phenoxy) is 2. The Morgan fingerprint density at radius 3 is 2.61 bits per heavy atom. The molecule has 0 unspecified atom stereocenters. The van der Waals surface area contributed by atoms with Gasteiger partial charge in [-0.15, -0.1) is 0 Å². The Bertz CT molecular complexity index is 840.